The van der Waals surface area contributed by atoms with Gasteiger partial charge in [-0.25, -0.2) is 13.6 Å². The number of carbonyl (C=O) groups excluding carboxylic acids is 2. The molecular weight excluding hydrogens is 458 g/mol. The van der Waals surface area contributed by atoms with Gasteiger partial charge in [-0.1, -0.05) is 11.6 Å². The zero-order valence-corrected chi connectivity index (χ0v) is 19.5. The summed E-state index contributed by atoms with van der Waals surface area (Å²) < 4.78 is 43.0. The van der Waals surface area contributed by atoms with Gasteiger partial charge in [0.1, 0.15) is 0 Å². The molecule has 0 radical (unpaired) electrons. The summed E-state index contributed by atoms with van der Waals surface area (Å²) in [6.07, 6.45) is 0.0159. The van der Waals surface area contributed by atoms with Gasteiger partial charge >= 0.3 is 6.09 Å². The number of ether oxygens (including phenoxy) is 3. The second kappa shape index (κ2) is 10.2. The molecule has 0 aromatic heterocycles. The number of hydrogen-bond acceptors (Lipinski definition) is 5. The van der Waals surface area contributed by atoms with Crippen molar-refractivity contribution in [1.29, 1.82) is 0 Å². The minimum atomic E-state index is -1.16. The van der Waals surface area contributed by atoms with Crippen molar-refractivity contribution in [2.24, 2.45) is 0 Å². The standard InChI is InChI=1S/C23H25ClF2N2O5/c1-5-33-23(30)28-12(2)6-13(14-8-20(31-3)21(32-4)10-19(14)28)11-27-22(29)15-7-17(25)18(26)9-16(15)24/h7-10,12-13H,5-6,11H2,1-4H3,(H,27,29). The number of hydrogen-bond donors (Lipinski definition) is 1. The van der Waals surface area contributed by atoms with E-state index in [4.69, 9.17) is 25.8 Å². The highest BCUT2D eigenvalue weighted by Crippen LogP contribution is 2.44. The minimum absolute atomic E-state index is 0.164. The first-order valence-electron chi connectivity index (χ1n) is 10.4. The lowest BCUT2D eigenvalue weighted by Crippen LogP contribution is -2.45. The molecule has 3 rings (SSSR count). The van der Waals surface area contributed by atoms with Crippen LogP contribution in [0.1, 0.15) is 42.1 Å². The first kappa shape index (κ1) is 24.6. The number of carbonyl (C=O) groups is 2. The Morgan fingerprint density at radius 1 is 1.12 bits per heavy atom. The van der Waals surface area contributed by atoms with Gasteiger partial charge in [0.05, 0.1) is 37.1 Å². The van der Waals surface area contributed by atoms with Gasteiger partial charge in [-0.3, -0.25) is 9.69 Å². The van der Waals surface area contributed by atoms with Crippen LogP contribution in [0.2, 0.25) is 5.02 Å². The molecule has 1 N–H and O–H groups in total. The van der Waals surface area contributed by atoms with Crippen molar-refractivity contribution in [2.75, 3.05) is 32.3 Å². The lowest BCUT2D eigenvalue weighted by Gasteiger charge is -2.39. The van der Waals surface area contributed by atoms with E-state index in [-0.39, 0.29) is 35.7 Å². The number of halogens is 3. The van der Waals surface area contributed by atoms with Crippen LogP contribution < -0.4 is 19.7 Å². The van der Waals surface area contributed by atoms with Gasteiger partial charge in [0.25, 0.3) is 5.91 Å². The highest BCUT2D eigenvalue weighted by Gasteiger charge is 2.36. The fraction of sp³-hybridized carbons (Fsp3) is 0.391. The maximum atomic E-state index is 13.6. The molecular formula is C23H25ClF2N2O5. The van der Waals surface area contributed by atoms with Gasteiger partial charge in [0.15, 0.2) is 23.1 Å². The first-order valence-corrected chi connectivity index (χ1v) is 10.7. The van der Waals surface area contributed by atoms with Crippen LogP contribution in [0.5, 0.6) is 11.5 Å². The summed E-state index contributed by atoms with van der Waals surface area (Å²) in [5.74, 6) is -2.24. The fourth-order valence-corrected chi connectivity index (χ4v) is 4.21. The molecule has 1 heterocycles. The monoisotopic (exact) mass is 482 g/mol. The van der Waals surface area contributed by atoms with E-state index in [1.807, 2.05) is 6.92 Å². The van der Waals surface area contributed by atoms with Crippen LogP contribution in [0.4, 0.5) is 19.3 Å². The Bertz CT molecular complexity index is 1070. The second-order valence-electron chi connectivity index (χ2n) is 7.57. The van der Waals surface area contributed by atoms with E-state index in [0.717, 1.165) is 17.7 Å². The lowest BCUT2D eigenvalue weighted by molar-refractivity contribution is 0.0949. The van der Waals surface area contributed by atoms with Gasteiger partial charge < -0.3 is 19.5 Å². The average molecular weight is 483 g/mol. The number of rotatable bonds is 6. The SMILES string of the molecule is CCOC(=O)N1c2cc(OC)c(OC)cc2C(CNC(=O)c2cc(F)c(F)cc2Cl)CC1C. The zero-order valence-electron chi connectivity index (χ0n) is 18.7. The predicted octanol–water partition coefficient (Wildman–Crippen LogP) is 4.90. The maximum Gasteiger partial charge on any atom is 0.414 e. The van der Waals surface area contributed by atoms with Crippen molar-refractivity contribution in [2.45, 2.75) is 32.2 Å². The fourth-order valence-electron chi connectivity index (χ4n) is 3.97. The minimum Gasteiger partial charge on any atom is -0.493 e. The Kier molecular flexibility index (Phi) is 7.63. The quantitative estimate of drug-likeness (QED) is 0.592. The van der Waals surface area contributed by atoms with E-state index in [2.05, 4.69) is 5.32 Å². The number of methoxy groups -OCH3 is 2. The molecule has 2 amide bonds. The smallest absolute Gasteiger partial charge is 0.414 e. The highest BCUT2D eigenvalue weighted by molar-refractivity contribution is 6.33. The summed E-state index contributed by atoms with van der Waals surface area (Å²) >= 11 is 5.92. The Balaban J connectivity index is 1.93. The molecule has 2 aromatic rings. The summed E-state index contributed by atoms with van der Waals surface area (Å²) in [6.45, 7) is 3.98. The van der Waals surface area contributed by atoms with Crippen LogP contribution in [0.25, 0.3) is 0 Å². The number of nitrogens with one attached hydrogen (secondary N) is 1. The third kappa shape index (κ3) is 4.98. The third-order valence-corrected chi connectivity index (χ3v) is 5.84. The van der Waals surface area contributed by atoms with Crippen molar-refractivity contribution in [3.05, 3.63) is 52.0 Å². The van der Waals surface area contributed by atoms with E-state index in [9.17, 15) is 18.4 Å². The Morgan fingerprint density at radius 2 is 1.76 bits per heavy atom. The van der Waals surface area contributed by atoms with Gasteiger partial charge in [0, 0.05) is 24.6 Å². The van der Waals surface area contributed by atoms with Gasteiger partial charge in [-0.15, -0.1) is 0 Å². The van der Waals surface area contributed by atoms with E-state index >= 15 is 0 Å². The number of fused-ring (bicyclic) bond motifs is 1. The molecule has 1 aliphatic rings. The molecule has 0 fully saturated rings. The van der Waals surface area contributed by atoms with Crippen molar-refractivity contribution in [1.82, 2.24) is 5.32 Å². The molecule has 1 aliphatic heterocycles. The van der Waals surface area contributed by atoms with Crippen molar-refractivity contribution in [3.63, 3.8) is 0 Å². The van der Waals surface area contributed by atoms with Crippen molar-refractivity contribution < 1.29 is 32.6 Å². The molecule has 2 aromatic carbocycles. The molecule has 2 atom stereocenters. The molecule has 2 unspecified atom stereocenters. The van der Waals surface area contributed by atoms with E-state index in [0.29, 0.717) is 23.6 Å². The molecule has 0 saturated heterocycles. The number of nitrogens with zero attached hydrogens (tertiary/aromatic N) is 1. The molecule has 0 aliphatic carbocycles. The zero-order chi connectivity index (χ0) is 24.3. The summed E-state index contributed by atoms with van der Waals surface area (Å²) in [7, 11) is 3.00. The molecule has 0 bridgehead atoms. The second-order valence-corrected chi connectivity index (χ2v) is 7.98. The molecule has 0 spiro atoms. The summed E-state index contributed by atoms with van der Waals surface area (Å²) in [5.41, 5.74) is 1.16. The Labute approximate surface area is 195 Å². The van der Waals surface area contributed by atoms with Crippen LogP contribution in [-0.2, 0) is 4.74 Å². The lowest BCUT2D eigenvalue weighted by atomic mass is 9.85. The van der Waals surface area contributed by atoms with Crippen molar-refractivity contribution >= 4 is 29.3 Å². The average Bonchev–Trinajstić information content (AvgIpc) is 2.78. The third-order valence-electron chi connectivity index (χ3n) is 5.53. The molecule has 7 nitrogen and oxygen atoms in total. The first-order chi connectivity index (χ1) is 15.7. The van der Waals surface area contributed by atoms with Crippen LogP contribution in [0, 0.1) is 11.6 Å². The van der Waals surface area contributed by atoms with Crippen LogP contribution >= 0.6 is 11.6 Å². The predicted molar refractivity (Wildman–Crippen MR) is 120 cm³/mol. The molecule has 33 heavy (non-hydrogen) atoms. The number of amides is 2. The molecule has 178 valence electrons. The Hall–Kier alpha value is -3.07. The van der Waals surface area contributed by atoms with Crippen LogP contribution in [0.15, 0.2) is 24.3 Å². The number of anilines is 1. The summed E-state index contributed by atoms with van der Waals surface area (Å²) in [5, 5.41) is 2.54. The normalized spacial score (nSPS) is 17.2. The number of benzene rings is 2. The van der Waals surface area contributed by atoms with Gasteiger partial charge in [-0.05, 0) is 44.0 Å². The van der Waals surface area contributed by atoms with Crippen LogP contribution in [0.3, 0.4) is 0 Å². The summed E-state index contributed by atoms with van der Waals surface area (Å²) in [6, 6.07) is 4.73. The topological polar surface area (TPSA) is 77.1 Å². The van der Waals surface area contributed by atoms with Gasteiger partial charge in [-0.2, -0.15) is 0 Å². The molecule has 10 heteroatoms. The maximum absolute atomic E-state index is 13.6. The molecule has 0 saturated carbocycles. The highest BCUT2D eigenvalue weighted by atomic mass is 35.5. The summed E-state index contributed by atoms with van der Waals surface area (Å²) in [4.78, 5) is 26.8. The van der Waals surface area contributed by atoms with E-state index in [1.165, 1.54) is 14.2 Å². The van der Waals surface area contributed by atoms with Crippen LogP contribution in [-0.4, -0.2) is 45.4 Å². The largest absolute Gasteiger partial charge is 0.493 e. The van der Waals surface area contributed by atoms with E-state index < -0.39 is 23.6 Å². The van der Waals surface area contributed by atoms with Gasteiger partial charge in [0.2, 0.25) is 0 Å². The Morgan fingerprint density at radius 3 is 2.39 bits per heavy atom. The van der Waals surface area contributed by atoms with Crippen molar-refractivity contribution in [3.8, 4) is 11.5 Å². The van der Waals surface area contributed by atoms with E-state index in [1.54, 1.807) is 24.0 Å².